The molecule has 0 atom stereocenters. The number of benzene rings is 2. The first kappa shape index (κ1) is 19.9. The maximum absolute atomic E-state index is 12.9. The second kappa shape index (κ2) is 8.81. The van der Waals surface area contributed by atoms with Crippen LogP contribution in [0.5, 0.6) is 0 Å². The summed E-state index contributed by atoms with van der Waals surface area (Å²) in [4.78, 5) is 24.7. The molecule has 2 N–H and O–H groups in total. The van der Waals surface area contributed by atoms with Gasteiger partial charge in [0.25, 0.3) is 0 Å². The van der Waals surface area contributed by atoms with E-state index in [2.05, 4.69) is 10.6 Å². The van der Waals surface area contributed by atoms with Gasteiger partial charge < -0.3 is 10.6 Å². The lowest BCUT2D eigenvalue weighted by Gasteiger charge is -2.22. The van der Waals surface area contributed by atoms with Gasteiger partial charge in [0.2, 0.25) is 11.8 Å². The molecule has 0 saturated carbocycles. The minimum Gasteiger partial charge on any atom is -0.355 e. The number of carbonyl (C=O) groups is 2. The highest BCUT2D eigenvalue weighted by Crippen LogP contribution is 2.16. The van der Waals surface area contributed by atoms with E-state index in [-0.39, 0.29) is 17.6 Å². The number of halogens is 2. The maximum atomic E-state index is 12.9. The van der Waals surface area contributed by atoms with Crippen LogP contribution in [0.15, 0.2) is 48.5 Å². The Labute approximate surface area is 157 Å². The third kappa shape index (κ3) is 5.56. The molecule has 0 unspecified atom stereocenters. The molecule has 0 aromatic heterocycles. The fourth-order valence-electron chi connectivity index (χ4n) is 2.30. The van der Waals surface area contributed by atoms with E-state index in [4.69, 9.17) is 11.6 Å². The van der Waals surface area contributed by atoms with Crippen LogP contribution in [0.25, 0.3) is 0 Å². The van der Waals surface area contributed by atoms with Gasteiger partial charge in [0.1, 0.15) is 11.2 Å². The van der Waals surface area contributed by atoms with Gasteiger partial charge in [-0.2, -0.15) is 0 Å². The average Bonchev–Trinajstić information content (AvgIpc) is 2.62. The summed E-state index contributed by atoms with van der Waals surface area (Å²) in [7, 11) is 0. The van der Waals surface area contributed by atoms with E-state index in [9.17, 15) is 14.0 Å². The summed E-state index contributed by atoms with van der Waals surface area (Å²) in [6.45, 7) is 3.86. The van der Waals surface area contributed by atoms with Crippen LogP contribution in [0.1, 0.15) is 25.0 Å². The Hall–Kier alpha value is -2.40. The van der Waals surface area contributed by atoms with Gasteiger partial charge in [0, 0.05) is 18.1 Å². The summed E-state index contributed by atoms with van der Waals surface area (Å²) in [6.07, 6.45) is 0.564. The molecule has 138 valence electrons. The minimum absolute atomic E-state index is 0.295. The Morgan fingerprint density at radius 3 is 2.08 bits per heavy atom. The summed E-state index contributed by atoms with van der Waals surface area (Å²) < 4.78 is 12.9. The molecule has 2 amide bonds. The van der Waals surface area contributed by atoms with Gasteiger partial charge in [0.15, 0.2) is 0 Å². The first-order valence-corrected chi connectivity index (χ1v) is 8.72. The quantitative estimate of drug-likeness (QED) is 0.727. The molecule has 0 aliphatic heterocycles. The molecule has 6 heteroatoms. The number of nitrogens with one attached hydrogen (secondary N) is 2. The van der Waals surface area contributed by atoms with Gasteiger partial charge >= 0.3 is 0 Å². The fraction of sp³-hybridized carbons (Fsp3) is 0.300. The van der Waals surface area contributed by atoms with Crippen LogP contribution in [0.2, 0.25) is 5.02 Å². The van der Waals surface area contributed by atoms with Gasteiger partial charge in [-0.25, -0.2) is 4.39 Å². The molecule has 0 bridgehead atoms. The van der Waals surface area contributed by atoms with Gasteiger partial charge in [-0.3, -0.25) is 9.59 Å². The highest BCUT2D eigenvalue weighted by Gasteiger charge is 2.35. The molecule has 26 heavy (non-hydrogen) atoms. The summed E-state index contributed by atoms with van der Waals surface area (Å²) >= 11 is 5.83. The van der Waals surface area contributed by atoms with Crippen molar-refractivity contribution in [3.8, 4) is 0 Å². The van der Waals surface area contributed by atoms with E-state index in [1.807, 2.05) is 12.1 Å². The molecular weight excluding hydrogens is 355 g/mol. The van der Waals surface area contributed by atoms with Crippen molar-refractivity contribution in [2.75, 3.05) is 6.54 Å². The van der Waals surface area contributed by atoms with Crippen LogP contribution in [0, 0.1) is 11.2 Å². The van der Waals surface area contributed by atoms with Crippen molar-refractivity contribution in [3.05, 3.63) is 70.5 Å². The number of hydrogen-bond donors (Lipinski definition) is 2. The predicted molar refractivity (Wildman–Crippen MR) is 100 cm³/mol. The van der Waals surface area contributed by atoms with E-state index in [0.717, 1.165) is 11.1 Å². The zero-order valence-electron chi connectivity index (χ0n) is 14.8. The first-order valence-electron chi connectivity index (χ1n) is 8.34. The molecule has 2 rings (SSSR count). The molecule has 0 aliphatic rings. The Balaban J connectivity index is 1.82. The van der Waals surface area contributed by atoms with E-state index >= 15 is 0 Å². The van der Waals surface area contributed by atoms with Crippen molar-refractivity contribution in [3.63, 3.8) is 0 Å². The number of amides is 2. The minimum atomic E-state index is -1.20. The Bertz CT molecular complexity index is 758. The zero-order valence-corrected chi connectivity index (χ0v) is 15.6. The third-order valence-corrected chi connectivity index (χ3v) is 4.37. The van der Waals surface area contributed by atoms with Gasteiger partial charge in [0.05, 0.1) is 0 Å². The lowest BCUT2D eigenvalue weighted by molar-refractivity contribution is -0.141. The molecule has 0 fully saturated rings. The monoisotopic (exact) mass is 376 g/mol. The largest absolute Gasteiger partial charge is 0.355 e. The lowest BCUT2D eigenvalue weighted by atomic mass is 9.91. The van der Waals surface area contributed by atoms with Crippen LogP contribution in [-0.4, -0.2) is 18.4 Å². The van der Waals surface area contributed by atoms with Crippen LogP contribution in [0.4, 0.5) is 4.39 Å². The average molecular weight is 377 g/mol. The van der Waals surface area contributed by atoms with Crippen LogP contribution in [0.3, 0.4) is 0 Å². The topological polar surface area (TPSA) is 58.2 Å². The molecule has 0 heterocycles. The van der Waals surface area contributed by atoms with Crippen LogP contribution in [-0.2, 0) is 22.6 Å². The summed E-state index contributed by atoms with van der Waals surface area (Å²) in [6, 6.07) is 13.2. The second-order valence-corrected chi connectivity index (χ2v) is 7.00. The van der Waals surface area contributed by atoms with Gasteiger partial charge in [-0.1, -0.05) is 35.9 Å². The number of rotatable bonds is 7. The molecule has 0 aliphatic carbocycles. The molecule has 0 radical (unpaired) electrons. The fourth-order valence-corrected chi connectivity index (χ4v) is 2.43. The van der Waals surface area contributed by atoms with Crippen LogP contribution < -0.4 is 10.6 Å². The second-order valence-electron chi connectivity index (χ2n) is 6.57. The van der Waals surface area contributed by atoms with Crippen molar-refractivity contribution >= 4 is 23.4 Å². The maximum Gasteiger partial charge on any atom is 0.235 e. The first-order chi connectivity index (χ1) is 12.3. The van der Waals surface area contributed by atoms with E-state index < -0.39 is 5.41 Å². The molecule has 4 nitrogen and oxygen atoms in total. The van der Waals surface area contributed by atoms with Crippen molar-refractivity contribution in [2.24, 2.45) is 5.41 Å². The number of hydrogen-bond acceptors (Lipinski definition) is 2. The van der Waals surface area contributed by atoms with Gasteiger partial charge in [-0.05, 0) is 55.7 Å². The Morgan fingerprint density at radius 1 is 0.923 bits per heavy atom. The summed E-state index contributed by atoms with van der Waals surface area (Å²) in [5, 5.41) is 6.16. The highest BCUT2D eigenvalue weighted by atomic mass is 35.5. The van der Waals surface area contributed by atoms with E-state index in [0.29, 0.717) is 24.5 Å². The standard InChI is InChI=1S/C20H22ClFN2O2/c1-20(2,19(26)24-13-15-3-7-16(21)8-4-15)18(25)23-12-11-14-5-9-17(22)10-6-14/h3-10H,11-13H2,1-2H3,(H,23,25)(H,24,26). The molecule has 2 aromatic rings. The normalized spacial score (nSPS) is 11.1. The van der Waals surface area contributed by atoms with E-state index in [1.54, 1.807) is 38.1 Å². The van der Waals surface area contributed by atoms with Crippen molar-refractivity contribution < 1.29 is 14.0 Å². The van der Waals surface area contributed by atoms with Gasteiger partial charge in [-0.15, -0.1) is 0 Å². The lowest BCUT2D eigenvalue weighted by Crippen LogP contribution is -2.48. The molecule has 0 spiro atoms. The molecular formula is C20H22ClFN2O2. The van der Waals surface area contributed by atoms with E-state index in [1.165, 1.54) is 12.1 Å². The molecule has 2 aromatic carbocycles. The highest BCUT2D eigenvalue weighted by molar-refractivity contribution is 6.30. The van der Waals surface area contributed by atoms with Crippen LogP contribution >= 0.6 is 11.6 Å². The smallest absolute Gasteiger partial charge is 0.235 e. The third-order valence-electron chi connectivity index (χ3n) is 4.11. The van der Waals surface area contributed by atoms with Crippen molar-refractivity contribution in [2.45, 2.75) is 26.8 Å². The molecule has 0 saturated heterocycles. The van der Waals surface area contributed by atoms with Crippen molar-refractivity contribution in [1.29, 1.82) is 0 Å². The zero-order chi connectivity index (χ0) is 19.2. The summed E-state index contributed by atoms with van der Waals surface area (Å²) in [5.41, 5.74) is 0.613. The predicted octanol–water partition coefficient (Wildman–Crippen LogP) is 3.48. The Morgan fingerprint density at radius 2 is 1.46 bits per heavy atom. The SMILES string of the molecule is CC(C)(C(=O)NCCc1ccc(F)cc1)C(=O)NCc1ccc(Cl)cc1. The summed E-state index contributed by atoms with van der Waals surface area (Å²) in [5.74, 6) is -1.00. The number of carbonyl (C=O) groups excluding carboxylic acids is 2. The Kier molecular flexibility index (Phi) is 6.75. The van der Waals surface area contributed by atoms with Crippen molar-refractivity contribution in [1.82, 2.24) is 10.6 Å².